The van der Waals surface area contributed by atoms with Gasteiger partial charge in [-0.2, -0.15) is 0 Å². The number of aryl methyl sites for hydroxylation is 2. The lowest BCUT2D eigenvalue weighted by Crippen LogP contribution is -2.44. The first kappa shape index (κ1) is 17.9. The van der Waals surface area contributed by atoms with E-state index in [9.17, 15) is 4.39 Å². The summed E-state index contributed by atoms with van der Waals surface area (Å²) >= 11 is 0. The zero-order valence-electron chi connectivity index (χ0n) is 16.0. The van der Waals surface area contributed by atoms with Crippen LogP contribution in [0.1, 0.15) is 36.5 Å². The number of halogens is 1. The van der Waals surface area contributed by atoms with Crippen molar-refractivity contribution < 1.29 is 4.39 Å². The predicted molar refractivity (Wildman–Crippen MR) is 103 cm³/mol. The predicted octanol–water partition coefficient (Wildman–Crippen LogP) is 2.18. The fourth-order valence-corrected chi connectivity index (χ4v) is 3.95. The Kier molecular flexibility index (Phi) is 4.85. The second-order valence-corrected chi connectivity index (χ2v) is 7.78. The molecule has 27 heavy (non-hydrogen) atoms. The minimum absolute atomic E-state index is 0.0407. The molecule has 1 unspecified atom stereocenters. The Balaban J connectivity index is 1.30. The van der Waals surface area contributed by atoms with Crippen molar-refractivity contribution in [1.82, 2.24) is 25.4 Å². The number of guanidine groups is 1. The minimum Gasteiger partial charge on any atom is -0.356 e. The van der Waals surface area contributed by atoms with Gasteiger partial charge < -0.3 is 15.2 Å². The van der Waals surface area contributed by atoms with Crippen LogP contribution in [-0.4, -0.2) is 40.9 Å². The molecule has 4 rings (SSSR count). The Morgan fingerprint density at radius 2 is 2.19 bits per heavy atom. The minimum atomic E-state index is -0.165. The van der Waals surface area contributed by atoms with Gasteiger partial charge in [0, 0.05) is 38.5 Å². The lowest BCUT2D eigenvalue weighted by atomic mass is 9.96. The molecule has 0 bridgehead atoms. The molecular weight excluding hydrogens is 343 g/mol. The lowest BCUT2D eigenvalue weighted by Gasteiger charge is -2.25. The van der Waals surface area contributed by atoms with E-state index < -0.39 is 0 Å². The van der Waals surface area contributed by atoms with Crippen LogP contribution in [-0.2, 0) is 18.4 Å². The fourth-order valence-electron chi connectivity index (χ4n) is 3.95. The second kappa shape index (κ2) is 7.29. The van der Waals surface area contributed by atoms with Gasteiger partial charge in [0.05, 0.1) is 0 Å². The van der Waals surface area contributed by atoms with Crippen LogP contribution in [0, 0.1) is 18.7 Å². The van der Waals surface area contributed by atoms with Crippen LogP contribution < -0.4 is 10.6 Å². The Bertz CT molecular complexity index is 839. The van der Waals surface area contributed by atoms with Crippen LogP contribution in [0.5, 0.6) is 0 Å². The van der Waals surface area contributed by atoms with Gasteiger partial charge in [-0.25, -0.2) is 4.39 Å². The zero-order valence-corrected chi connectivity index (χ0v) is 16.0. The van der Waals surface area contributed by atoms with Crippen molar-refractivity contribution in [1.29, 1.82) is 0 Å². The molecule has 1 aromatic heterocycles. The molecular formula is C20H27FN6. The van der Waals surface area contributed by atoms with Gasteiger partial charge in [-0.1, -0.05) is 12.1 Å². The van der Waals surface area contributed by atoms with E-state index in [0.29, 0.717) is 5.92 Å². The quantitative estimate of drug-likeness (QED) is 0.625. The van der Waals surface area contributed by atoms with E-state index in [2.05, 4.69) is 30.4 Å². The lowest BCUT2D eigenvalue weighted by molar-refractivity contribution is 0.358. The van der Waals surface area contributed by atoms with Crippen LogP contribution in [0.25, 0.3) is 0 Å². The molecule has 2 heterocycles. The molecule has 7 heteroatoms. The third kappa shape index (κ3) is 3.82. The highest BCUT2D eigenvalue weighted by Crippen LogP contribution is 2.47. The molecule has 0 saturated heterocycles. The van der Waals surface area contributed by atoms with Gasteiger partial charge in [-0.15, -0.1) is 10.2 Å². The van der Waals surface area contributed by atoms with Gasteiger partial charge in [0.15, 0.2) is 5.96 Å². The van der Waals surface area contributed by atoms with Gasteiger partial charge >= 0.3 is 0 Å². The van der Waals surface area contributed by atoms with Crippen LogP contribution in [0.2, 0.25) is 0 Å². The summed E-state index contributed by atoms with van der Waals surface area (Å²) in [6.45, 7) is 4.60. The Labute approximate surface area is 159 Å². The largest absolute Gasteiger partial charge is 0.356 e. The van der Waals surface area contributed by atoms with Gasteiger partial charge in [-0.3, -0.25) is 4.99 Å². The molecule has 2 N–H and O–H groups in total. The summed E-state index contributed by atoms with van der Waals surface area (Å²) in [5, 5.41) is 15.3. The highest BCUT2D eigenvalue weighted by molar-refractivity contribution is 5.79. The van der Waals surface area contributed by atoms with Crippen molar-refractivity contribution in [2.75, 3.05) is 20.1 Å². The third-order valence-corrected chi connectivity index (χ3v) is 5.90. The maximum Gasteiger partial charge on any atom is 0.191 e. The first-order valence-corrected chi connectivity index (χ1v) is 9.69. The Morgan fingerprint density at radius 3 is 2.93 bits per heavy atom. The van der Waals surface area contributed by atoms with Crippen LogP contribution in [0.4, 0.5) is 4.39 Å². The molecule has 1 saturated carbocycles. The van der Waals surface area contributed by atoms with Crippen molar-refractivity contribution in [3.63, 3.8) is 0 Å². The molecule has 1 fully saturated rings. The van der Waals surface area contributed by atoms with E-state index in [1.54, 1.807) is 19.2 Å². The maximum absolute atomic E-state index is 13.6. The summed E-state index contributed by atoms with van der Waals surface area (Å²) in [6, 6.07) is 6.98. The number of rotatable bonds is 5. The van der Waals surface area contributed by atoms with Crippen LogP contribution >= 0.6 is 0 Å². The number of nitrogens with one attached hydrogen (secondary N) is 2. The number of nitrogens with zero attached hydrogens (tertiary/aromatic N) is 4. The van der Waals surface area contributed by atoms with E-state index in [1.165, 1.54) is 6.07 Å². The summed E-state index contributed by atoms with van der Waals surface area (Å²) < 4.78 is 15.8. The SMILES string of the molecule is CN=C(NCC1CCc2nnc(C)n2C1)NCC1(c2cccc(F)c2)CC1. The number of fused-ring (bicyclic) bond motifs is 1. The molecule has 0 spiro atoms. The van der Waals surface area contributed by atoms with Crippen molar-refractivity contribution in [2.24, 2.45) is 10.9 Å². The molecule has 1 atom stereocenters. The second-order valence-electron chi connectivity index (χ2n) is 7.78. The van der Waals surface area contributed by atoms with Gasteiger partial charge in [-0.05, 0) is 49.8 Å². The summed E-state index contributed by atoms with van der Waals surface area (Å²) in [6.07, 6.45) is 4.24. The molecule has 1 aliphatic carbocycles. The average molecular weight is 370 g/mol. The smallest absolute Gasteiger partial charge is 0.191 e. The normalized spacial score (nSPS) is 20.9. The highest BCUT2D eigenvalue weighted by Gasteiger charge is 2.44. The number of aromatic nitrogens is 3. The van der Waals surface area contributed by atoms with Crippen molar-refractivity contribution in [3.05, 3.63) is 47.3 Å². The summed E-state index contributed by atoms with van der Waals surface area (Å²) in [4.78, 5) is 4.36. The first-order valence-electron chi connectivity index (χ1n) is 9.69. The number of hydrogen-bond donors (Lipinski definition) is 2. The van der Waals surface area contributed by atoms with Crippen LogP contribution in [0.15, 0.2) is 29.3 Å². The van der Waals surface area contributed by atoms with Gasteiger partial charge in [0.2, 0.25) is 0 Å². The Morgan fingerprint density at radius 1 is 1.33 bits per heavy atom. The van der Waals surface area contributed by atoms with Crippen molar-refractivity contribution >= 4 is 5.96 Å². The Hall–Kier alpha value is -2.44. The van der Waals surface area contributed by atoms with E-state index in [1.807, 2.05) is 13.0 Å². The van der Waals surface area contributed by atoms with Crippen molar-refractivity contribution in [2.45, 2.75) is 44.6 Å². The van der Waals surface area contributed by atoms with E-state index >= 15 is 0 Å². The molecule has 1 aromatic carbocycles. The molecule has 6 nitrogen and oxygen atoms in total. The van der Waals surface area contributed by atoms with E-state index in [-0.39, 0.29) is 11.2 Å². The van der Waals surface area contributed by atoms with Gasteiger partial charge in [0.25, 0.3) is 0 Å². The topological polar surface area (TPSA) is 67.1 Å². The number of hydrogen-bond acceptors (Lipinski definition) is 3. The average Bonchev–Trinajstić information content (AvgIpc) is 3.39. The van der Waals surface area contributed by atoms with Crippen LogP contribution in [0.3, 0.4) is 0 Å². The molecule has 1 aliphatic heterocycles. The maximum atomic E-state index is 13.6. The number of aliphatic imine (C=N–C) groups is 1. The summed E-state index contributed by atoms with van der Waals surface area (Å²) in [5.41, 5.74) is 1.12. The third-order valence-electron chi connectivity index (χ3n) is 5.90. The van der Waals surface area contributed by atoms with Crippen molar-refractivity contribution in [3.8, 4) is 0 Å². The van der Waals surface area contributed by atoms with Gasteiger partial charge in [0.1, 0.15) is 17.5 Å². The molecule has 0 radical (unpaired) electrons. The number of benzene rings is 1. The standard InChI is InChI=1S/C20H27FN6/c1-14-25-26-18-7-6-15(12-27(14)18)11-23-19(22-2)24-13-20(8-9-20)16-4-3-5-17(21)10-16/h3-5,10,15H,6-9,11-13H2,1-2H3,(H2,22,23,24). The monoisotopic (exact) mass is 370 g/mol. The summed E-state index contributed by atoms with van der Waals surface area (Å²) in [5.74, 6) is 3.26. The highest BCUT2D eigenvalue weighted by atomic mass is 19.1. The molecule has 2 aromatic rings. The summed E-state index contributed by atoms with van der Waals surface area (Å²) in [7, 11) is 1.79. The first-order chi connectivity index (χ1) is 13.1. The zero-order chi connectivity index (χ0) is 18.9. The molecule has 144 valence electrons. The molecule has 0 amide bonds. The fraction of sp³-hybridized carbons (Fsp3) is 0.550. The molecule has 2 aliphatic rings. The van der Waals surface area contributed by atoms with E-state index in [0.717, 1.165) is 68.5 Å². The van der Waals surface area contributed by atoms with E-state index in [4.69, 9.17) is 0 Å².